The maximum atomic E-state index is 7.52. The largest absolute Gasteiger partial charge is 0.370 e. The van der Waals surface area contributed by atoms with Crippen molar-refractivity contribution >= 4 is 71.2 Å². The third-order valence-electron chi connectivity index (χ3n) is 5.54. The molecule has 1 fully saturated rings. The van der Waals surface area contributed by atoms with Gasteiger partial charge in [0, 0.05) is 22.5 Å². The number of nitrogens with two attached hydrogens (primary N) is 1. The van der Waals surface area contributed by atoms with Crippen molar-refractivity contribution in [3.8, 4) is 0 Å². The van der Waals surface area contributed by atoms with Crippen LogP contribution in [0.2, 0.25) is 5.02 Å². The summed E-state index contributed by atoms with van der Waals surface area (Å²) >= 11 is 5.98. The highest BCUT2D eigenvalue weighted by Gasteiger charge is 2.23. The maximum Gasteiger partial charge on any atom is 0.185 e. The van der Waals surface area contributed by atoms with Gasteiger partial charge in [-0.1, -0.05) is 41.4 Å². The van der Waals surface area contributed by atoms with E-state index in [9.17, 15) is 0 Å². The number of nitrogens with zero attached hydrogens (tertiary/aromatic N) is 2. The Labute approximate surface area is 211 Å². The van der Waals surface area contributed by atoms with E-state index in [4.69, 9.17) is 32.7 Å². The van der Waals surface area contributed by atoms with Gasteiger partial charge in [0.15, 0.2) is 11.8 Å². The highest BCUT2D eigenvalue weighted by Crippen LogP contribution is 2.27. The second kappa shape index (κ2) is 12.1. The van der Waals surface area contributed by atoms with Crippen LogP contribution < -0.4 is 16.4 Å². The smallest absolute Gasteiger partial charge is 0.185 e. The molecule has 0 aliphatic heterocycles. The number of hydrogen-bond donors (Lipinski definition) is 4. The van der Waals surface area contributed by atoms with Gasteiger partial charge in [0.05, 0.1) is 5.52 Å². The Morgan fingerprint density at radius 2 is 1.79 bits per heavy atom. The van der Waals surface area contributed by atoms with Crippen LogP contribution in [0.5, 0.6) is 0 Å². The molecule has 5 N–H and O–H groups in total. The summed E-state index contributed by atoms with van der Waals surface area (Å²) in [4.78, 5) is 9.57. The second-order valence-electron chi connectivity index (χ2n) is 8.10. The molecule has 1 saturated carbocycles. The van der Waals surface area contributed by atoms with E-state index >= 15 is 0 Å². The Morgan fingerprint density at radius 1 is 1.06 bits per heavy atom. The molecule has 1 aliphatic rings. The predicted molar refractivity (Wildman–Crippen MR) is 144 cm³/mol. The van der Waals surface area contributed by atoms with Crippen LogP contribution in [-0.4, -0.2) is 28.0 Å². The lowest BCUT2D eigenvalue weighted by molar-refractivity contribution is 0.384. The second-order valence-corrected chi connectivity index (χ2v) is 8.54. The average Bonchev–Trinajstić information content (AvgIpc) is 2.73. The lowest BCUT2D eigenvalue weighted by Gasteiger charge is -2.31. The molecule has 1 aliphatic carbocycles. The van der Waals surface area contributed by atoms with Crippen LogP contribution in [-0.2, 0) is 0 Å². The number of hydrogen-bond acceptors (Lipinski definition) is 4. The Morgan fingerprint density at radius 3 is 2.52 bits per heavy atom. The first-order chi connectivity index (χ1) is 15.0. The summed E-state index contributed by atoms with van der Waals surface area (Å²) in [5.74, 6) is 1.53. The van der Waals surface area contributed by atoms with Crippen molar-refractivity contribution in [2.45, 2.75) is 44.7 Å². The Kier molecular flexibility index (Phi) is 9.77. The highest BCUT2D eigenvalue weighted by atomic mass is 35.5. The molecule has 0 amide bonds. The number of nitrogens with one attached hydrogen (secondary N) is 3. The van der Waals surface area contributed by atoms with E-state index in [0.29, 0.717) is 10.8 Å². The number of rotatable bonds is 5. The van der Waals surface area contributed by atoms with Gasteiger partial charge in [0.25, 0.3) is 0 Å². The van der Waals surface area contributed by atoms with E-state index in [1.54, 1.807) is 0 Å². The normalized spacial score (nSPS) is 17.8. The molecule has 0 spiro atoms. The van der Waals surface area contributed by atoms with E-state index in [2.05, 4.69) is 29.7 Å². The summed E-state index contributed by atoms with van der Waals surface area (Å²) < 4.78 is 0. The van der Waals surface area contributed by atoms with Gasteiger partial charge in [-0.15, -0.1) is 24.8 Å². The van der Waals surface area contributed by atoms with Crippen molar-refractivity contribution in [1.29, 1.82) is 5.41 Å². The number of fused-ring (bicyclic) bond motifs is 1. The SMILES string of the molecule is Cc1ccc2nc(/C=C/c3ccc(Cl)cc3)nc(NC3CCCC(NC(=N)N)C3)c2c1.Cl.Cl. The van der Waals surface area contributed by atoms with Crippen molar-refractivity contribution < 1.29 is 0 Å². The van der Waals surface area contributed by atoms with E-state index < -0.39 is 0 Å². The van der Waals surface area contributed by atoms with Crippen LogP contribution in [0, 0.1) is 12.3 Å². The molecule has 4 rings (SSSR count). The summed E-state index contributed by atoms with van der Waals surface area (Å²) in [5, 5.41) is 16.0. The molecular formula is C24H29Cl3N6. The monoisotopic (exact) mass is 506 g/mol. The molecule has 0 radical (unpaired) electrons. The zero-order valence-corrected chi connectivity index (χ0v) is 20.7. The molecule has 2 unspecified atom stereocenters. The summed E-state index contributed by atoms with van der Waals surface area (Å²) in [6.45, 7) is 2.07. The molecule has 9 heteroatoms. The first-order valence-corrected chi connectivity index (χ1v) is 10.9. The van der Waals surface area contributed by atoms with Crippen molar-refractivity contribution in [3.63, 3.8) is 0 Å². The van der Waals surface area contributed by atoms with Gasteiger partial charge in [-0.2, -0.15) is 0 Å². The topological polar surface area (TPSA) is 99.7 Å². The molecule has 33 heavy (non-hydrogen) atoms. The number of anilines is 1. The molecule has 3 aromatic rings. The third kappa shape index (κ3) is 7.22. The molecule has 2 atom stereocenters. The molecule has 2 aromatic carbocycles. The van der Waals surface area contributed by atoms with E-state index in [0.717, 1.165) is 48.0 Å². The van der Waals surface area contributed by atoms with Crippen molar-refractivity contribution in [2.24, 2.45) is 5.73 Å². The lowest BCUT2D eigenvalue weighted by atomic mass is 9.91. The molecule has 1 heterocycles. The Bertz CT molecular complexity index is 1120. The van der Waals surface area contributed by atoms with Gasteiger partial charge in [0.2, 0.25) is 0 Å². The first kappa shape index (κ1) is 26.7. The van der Waals surface area contributed by atoms with Crippen LogP contribution >= 0.6 is 36.4 Å². The van der Waals surface area contributed by atoms with Gasteiger partial charge in [0.1, 0.15) is 5.82 Å². The molecule has 0 saturated heterocycles. The summed E-state index contributed by atoms with van der Waals surface area (Å²) in [6.07, 6.45) is 7.97. The van der Waals surface area contributed by atoms with Crippen molar-refractivity contribution in [3.05, 3.63) is 64.4 Å². The van der Waals surface area contributed by atoms with Crippen LogP contribution in [0.4, 0.5) is 5.82 Å². The molecular weight excluding hydrogens is 479 g/mol. The quantitative estimate of drug-likeness (QED) is 0.258. The fraction of sp³-hybridized carbons (Fsp3) is 0.292. The number of guanidine groups is 1. The Balaban J connectivity index is 0.00000193. The van der Waals surface area contributed by atoms with E-state index in [1.165, 1.54) is 5.56 Å². The van der Waals surface area contributed by atoms with Gasteiger partial charge in [-0.05, 0) is 68.5 Å². The van der Waals surface area contributed by atoms with Gasteiger partial charge in [-0.25, -0.2) is 9.97 Å². The molecule has 176 valence electrons. The number of benzene rings is 2. The maximum absolute atomic E-state index is 7.52. The minimum Gasteiger partial charge on any atom is -0.370 e. The number of aryl methyl sites for hydroxylation is 1. The minimum absolute atomic E-state index is 0. The van der Waals surface area contributed by atoms with Gasteiger partial charge in [-0.3, -0.25) is 5.41 Å². The van der Waals surface area contributed by atoms with Crippen LogP contribution in [0.3, 0.4) is 0 Å². The first-order valence-electron chi connectivity index (χ1n) is 10.6. The standard InChI is InChI=1S/C24H27ClN6.2ClH/c1-15-5-11-21-20(13-15)23(28-18-3-2-4-19(14-18)29-24(26)27)31-22(30-21)12-8-16-6-9-17(25)10-7-16;;/h5-13,18-19H,2-4,14H2,1H3,(H4,26,27,29)(H,28,30,31);2*1H/b12-8+;;. The van der Waals surface area contributed by atoms with Gasteiger partial charge < -0.3 is 16.4 Å². The van der Waals surface area contributed by atoms with Crippen LogP contribution in [0.1, 0.15) is 42.6 Å². The molecule has 1 aromatic heterocycles. The van der Waals surface area contributed by atoms with Gasteiger partial charge >= 0.3 is 0 Å². The number of halogens is 3. The Hall–Kier alpha value is -2.54. The predicted octanol–water partition coefficient (Wildman–Crippen LogP) is 5.81. The lowest BCUT2D eigenvalue weighted by Crippen LogP contribution is -2.44. The van der Waals surface area contributed by atoms with Crippen molar-refractivity contribution in [2.75, 3.05) is 5.32 Å². The van der Waals surface area contributed by atoms with E-state index in [-0.39, 0.29) is 42.9 Å². The summed E-state index contributed by atoms with van der Waals surface area (Å²) in [7, 11) is 0. The zero-order chi connectivity index (χ0) is 21.8. The van der Waals surface area contributed by atoms with Crippen LogP contribution in [0.25, 0.3) is 23.1 Å². The molecule has 6 nitrogen and oxygen atoms in total. The minimum atomic E-state index is 0. The molecule has 0 bridgehead atoms. The number of aromatic nitrogens is 2. The average molecular weight is 508 g/mol. The summed E-state index contributed by atoms with van der Waals surface area (Å²) in [6, 6.07) is 14.4. The highest BCUT2D eigenvalue weighted by molar-refractivity contribution is 6.30. The fourth-order valence-corrected chi connectivity index (χ4v) is 4.18. The third-order valence-corrected chi connectivity index (χ3v) is 5.79. The fourth-order valence-electron chi connectivity index (χ4n) is 4.05. The van der Waals surface area contributed by atoms with Crippen molar-refractivity contribution in [1.82, 2.24) is 15.3 Å². The zero-order valence-electron chi connectivity index (χ0n) is 18.3. The van der Waals surface area contributed by atoms with Crippen LogP contribution in [0.15, 0.2) is 42.5 Å². The van der Waals surface area contributed by atoms with E-state index in [1.807, 2.05) is 42.5 Å². The summed E-state index contributed by atoms with van der Waals surface area (Å²) in [5.41, 5.74) is 8.66.